The Balaban J connectivity index is 1.66. The quantitative estimate of drug-likeness (QED) is 0.697. The summed E-state index contributed by atoms with van der Waals surface area (Å²) in [6, 6.07) is 9.88. The minimum Gasteiger partial charge on any atom is -0.399 e. The third-order valence-electron chi connectivity index (χ3n) is 3.01. The molecule has 0 saturated heterocycles. The maximum Gasteiger partial charge on any atom is 0.152 e. The second kappa shape index (κ2) is 4.97. The van der Waals surface area contributed by atoms with Gasteiger partial charge in [0, 0.05) is 24.6 Å². The molecule has 5 heteroatoms. The van der Waals surface area contributed by atoms with Gasteiger partial charge in [-0.2, -0.15) is 5.10 Å². The van der Waals surface area contributed by atoms with Gasteiger partial charge in [0.2, 0.25) is 0 Å². The number of aromatic nitrogens is 3. The largest absolute Gasteiger partial charge is 0.399 e. The normalized spacial score (nSPS) is 10.7. The van der Waals surface area contributed by atoms with Gasteiger partial charge in [0.15, 0.2) is 5.82 Å². The highest BCUT2D eigenvalue weighted by molar-refractivity contribution is 5.66. The van der Waals surface area contributed by atoms with Crippen molar-refractivity contribution >= 4 is 17.0 Å². The van der Waals surface area contributed by atoms with Gasteiger partial charge >= 0.3 is 0 Å². The molecule has 1 aromatic carbocycles. The zero-order chi connectivity index (χ0) is 13.1. The molecule has 0 atom stereocenters. The van der Waals surface area contributed by atoms with Crippen LogP contribution in [0.1, 0.15) is 5.56 Å². The maximum absolute atomic E-state index is 5.66. The molecule has 3 aromatic rings. The number of nitrogens with zero attached hydrogens (tertiary/aromatic N) is 3. The van der Waals surface area contributed by atoms with Crippen LogP contribution in [0.25, 0.3) is 5.52 Å². The molecule has 0 radical (unpaired) electrons. The van der Waals surface area contributed by atoms with Crippen molar-refractivity contribution in [2.75, 3.05) is 17.6 Å². The first-order valence-corrected chi connectivity index (χ1v) is 6.19. The SMILES string of the molecule is Nc1ccc(CCNc2nccn3nccc23)cc1. The lowest BCUT2D eigenvalue weighted by Crippen LogP contribution is -2.07. The maximum atomic E-state index is 5.66. The Morgan fingerprint density at radius 1 is 1.11 bits per heavy atom. The van der Waals surface area contributed by atoms with Gasteiger partial charge in [0.25, 0.3) is 0 Å². The summed E-state index contributed by atoms with van der Waals surface area (Å²) in [5.74, 6) is 0.857. The lowest BCUT2D eigenvalue weighted by Gasteiger charge is -2.07. The first-order chi connectivity index (χ1) is 9.33. The Kier molecular flexibility index (Phi) is 3.02. The number of anilines is 2. The van der Waals surface area contributed by atoms with Crippen molar-refractivity contribution in [1.29, 1.82) is 0 Å². The first kappa shape index (κ1) is 11.5. The van der Waals surface area contributed by atoms with Gasteiger partial charge in [-0.05, 0) is 30.2 Å². The number of fused-ring (bicyclic) bond motifs is 1. The van der Waals surface area contributed by atoms with Gasteiger partial charge in [0.1, 0.15) is 5.52 Å². The van der Waals surface area contributed by atoms with Crippen molar-refractivity contribution in [2.45, 2.75) is 6.42 Å². The van der Waals surface area contributed by atoms with Crippen LogP contribution in [-0.2, 0) is 6.42 Å². The predicted molar refractivity (Wildman–Crippen MR) is 76.0 cm³/mol. The zero-order valence-electron chi connectivity index (χ0n) is 10.5. The monoisotopic (exact) mass is 253 g/mol. The first-order valence-electron chi connectivity index (χ1n) is 6.19. The van der Waals surface area contributed by atoms with E-state index in [1.807, 2.05) is 36.5 Å². The van der Waals surface area contributed by atoms with Crippen molar-refractivity contribution in [3.05, 3.63) is 54.5 Å². The van der Waals surface area contributed by atoms with E-state index in [1.54, 1.807) is 16.9 Å². The van der Waals surface area contributed by atoms with Crippen molar-refractivity contribution in [3.8, 4) is 0 Å². The molecule has 0 spiro atoms. The zero-order valence-corrected chi connectivity index (χ0v) is 10.5. The van der Waals surface area contributed by atoms with E-state index in [2.05, 4.69) is 15.4 Å². The van der Waals surface area contributed by atoms with Crippen molar-refractivity contribution < 1.29 is 0 Å². The Labute approximate surface area is 111 Å². The Bertz CT molecular complexity index is 672. The molecule has 0 saturated carbocycles. The van der Waals surface area contributed by atoms with Crippen LogP contribution in [0.4, 0.5) is 11.5 Å². The lowest BCUT2D eigenvalue weighted by atomic mass is 10.1. The fraction of sp³-hybridized carbons (Fsp3) is 0.143. The Hall–Kier alpha value is -2.56. The van der Waals surface area contributed by atoms with E-state index in [1.165, 1.54) is 5.56 Å². The van der Waals surface area contributed by atoms with E-state index >= 15 is 0 Å². The fourth-order valence-corrected chi connectivity index (χ4v) is 2.00. The van der Waals surface area contributed by atoms with E-state index in [9.17, 15) is 0 Å². The van der Waals surface area contributed by atoms with Crippen LogP contribution >= 0.6 is 0 Å². The van der Waals surface area contributed by atoms with Gasteiger partial charge in [0.05, 0.1) is 6.20 Å². The van der Waals surface area contributed by atoms with Crippen LogP contribution in [0.3, 0.4) is 0 Å². The fourth-order valence-electron chi connectivity index (χ4n) is 2.00. The molecule has 2 heterocycles. The molecule has 96 valence electrons. The van der Waals surface area contributed by atoms with Crippen LogP contribution in [0, 0.1) is 0 Å². The Morgan fingerprint density at radius 3 is 2.79 bits per heavy atom. The van der Waals surface area contributed by atoms with E-state index in [4.69, 9.17) is 5.73 Å². The number of hydrogen-bond donors (Lipinski definition) is 2. The second-order valence-corrected chi connectivity index (χ2v) is 4.36. The molecule has 0 aliphatic carbocycles. The summed E-state index contributed by atoms with van der Waals surface area (Å²) in [4.78, 5) is 4.33. The van der Waals surface area contributed by atoms with E-state index in [-0.39, 0.29) is 0 Å². The molecular weight excluding hydrogens is 238 g/mol. The molecule has 0 amide bonds. The molecule has 0 aliphatic heterocycles. The summed E-state index contributed by atoms with van der Waals surface area (Å²) < 4.78 is 1.80. The van der Waals surface area contributed by atoms with Gasteiger partial charge in [-0.3, -0.25) is 0 Å². The number of nitrogens with one attached hydrogen (secondary N) is 1. The lowest BCUT2D eigenvalue weighted by molar-refractivity contribution is 0.937. The number of rotatable bonds is 4. The minimum atomic E-state index is 0.794. The van der Waals surface area contributed by atoms with E-state index in [0.717, 1.165) is 30.0 Å². The topological polar surface area (TPSA) is 68.2 Å². The molecule has 5 nitrogen and oxygen atoms in total. The molecule has 0 fully saturated rings. The average Bonchev–Trinajstić information content (AvgIpc) is 2.90. The highest BCUT2D eigenvalue weighted by Gasteiger charge is 2.02. The van der Waals surface area contributed by atoms with E-state index < -0.39 is 0 Å². The van der Waals surface area contributed by atoms with Crippen molar-refractivity contribution in [3.63, 3.8) is 0 Å². The molecule has 0 bridgehead atoms. The number of benzene rings is 1. The molecule has 2 aromatic heterocycles. The molecule has 0 unspecified atom stereocenters. The van der Waals surface area contributed by atoms with Crippen molar-refractivity contribution in [1.82, 2.24) is 14.6 Å². The number of hydrogen-bond acceptors (Lipinski definition) is 4. The summed E-state index contributed by atoms with van der Waals surface area (Å²) in [6.07, 6.45) is 6.27. The molecule has 3 rings (SSSR count). The third-order valence-corrected chi connectivity index (χ3v) is 3.01. The summed E-state index contributed by atoms with van der Waals surface area (Å²) >= 11 is 0. The summed E-state index contributed by atoms with van der Waals surface area (Å²) in [7, 11) is 0. The summed E-state index contributed by atoms with van der Waals surface area (Å²) in [5.41, 5.74) is 8.69. The van der Waals surface area contributed by atoms with Crippen LogP contribution in [0.2, 0.25) is 0 Å². The van der Waals surface area contributed by atoms with Gasteiger partial charge in [-0.25, -0.2) is 9.50 Å². The molecule has 19 heavy (non-hydrogen) atoms. The summed E-state index contributed by atoms with van der Waals surface area (Å²) in [6.45, 7) is 0.821. The third kappa shape index (κ3) is 2.49. The smallest absolute Gasteiger partial charge is 0.152 e. The minimum absolute atomic E-state index is 0.794. The van der Waals surface area contributed by atoms with Gasteiger partial charge in [-0.1, -0.05) is 12.1 Å². The highest BCUT2D eigenvalue weighted by Crippen LogP contribution is 2.12. The average molecular weight is 253 g/mol. The van der Waals surface area contributed by atoms with Crippen molar-refractivity contribution in [2.24, 2.45) is 0 Å². The Morgan fingerprint density at radius 2 is 1.95 bits per heavy atom. The van der Waals surface area contributed by atoms with Crippen LogP contribution in [0.5, 0.6) is 0 Å². The van der Waals surface area contributed by atoms with E-state index in [0.29, 0.717) is 0 Å². The molecular formula is C14H15N5. The summed E-state index contributed by atoms with van der Waals surface area (Å²) in [5, 5.41) is 7.51. The van der Waals surface area contributed by atoms with Crippen LogP contribution < -0.4 is 11.1 Å². The van der Waals surface area contributed by atoms with Gasteiger partial charge in [-0.15, -0.1) is 0 Å². The second-order valence-electron chi connectivity index (χ2n) is 4.36. The van der Waals surface area contributed by atoms with Crippen LogP contribution in [0.15, 0.2) is 48.9 Å². The molecule has 3 N–H and O–H groups in total. The number of nitrogens with two attached hydrogens (primary N) is 1. The van der Waals surface area contributed by atoms with Crippen LogP contribution in [-0.4, -0.2) is 21.1 Å². The predicted octanol–water partition coefficient (Wildman–Crippen LogP) is 1.97. The van der Waals surface area contributed by atoms with Gasteiger partial charge < -0.3 is 11.1 Å². The standard InChI is InChI=1S/C14H15N5/c15-12-3-1-11(2-4-12)5-7-16-14-13-6-8-18-19(13)10-9-17-14/h1-4,6,8-10H,5,7,15H2,(H,16,17). The number of nitrogen functional groups attached to an aromatic ring is 1. The molecule has 0 aliphatic rings. The highest BCUT2D eigenvalue weighted by atomic mass is 15.2.